The Morgan fingerprint density at radius 3 is 3.00 bits per heavy atom. The summed E-state index contributed by atoms with van der Waals surface area (Å²) in [7, 11) is 0. The maximum absolute atomic E-state index is 12.9. The third-order valence-corrected chi connectivity index (χ3v) is 3.13. The standard InChI is InChI=1S/C12H14ClFN2O/c1-8-7-16(5-4-15-8)12(17)10-3-2-9(14)6-11(10)13/h2-3,6,8,15H,4-5,7H2,1H3. The first-order valence-electron chi connectivity index (χ1n) is 5.55. The molecule has 1 aliphatic heterocycles. The van der Waals surface area contributed by atoms with Crippen LogP contribution in [0.2, 0.25) is 5.02 Å². The van der Waals surface area contributed by atoms with Crippen molar-refractivity contribution in [2.75, 3.05) is 19.6 Å². The number of nitrogens with zero attached hydrogens (tertiary/aromatic N) is 1. The van der Waals surface area contributed by atoms with Crippen molar-refractivity contribution in [1.29, 1.82) is 0 Å². The van der Waals surface area contributed by atoms with Crippen LogP contribution in [0.1, 0.15) is 17.3 Å². The summed E-state index contributed by atoms with van der Waals surface area (Å²) in [6.45, 7) is 4.08. The summed E-state index contributed by atoms with van der Waals surface area (Å²) >= 11 is 5.88. The summed E-state index contributed by atoms with van der Waals surface area (Å²) in [6.07, 6.45) is 0. The zero-order valence-corrected chi connectivity index (χ0v) is 10.3. The van der Waals surface area contributed by atoms with E-state index in [2.05, 4.69) is 5.32 Å². The maximum Gasteiger partial charge on any atom is 0.255 e. The van der Waals surface area contributed by atoms with Crippen LogP contribution in [0.5, 0.6) is 0 Å². The highest BCUT2D eigenvalue weighted by molar-refractivity contribution is 6.33. The molecule has 1 heterocycles. The van der Waals surface area contributed by atoms with Crippen LogP contribution in [0.4, 0.5) is 4.39 Å². The van der Waals surface area contributed by atoms with Crippen LogP contribution in [-0.4, -0.2) is 36.5 Å². The lowest BCUT2D eigenvalue weighted by Crippen LogP contribution is -2.51. The molecule has 17 heavy (non-hydrogen) atoms. The van der Waals surface area contributed by atoms with Gasteiger partial charge in [0.1, 0.15) is 5.82 Å². The topological polar surface area (TPSA) is 32.3 Å². The Morgan fingerprint density at radius 1 is 1.59 bits per heavy atom. The Labute approximate surface area is 105 Å². The van der Waals surface area contributed by atoms with Gasteiger partial charge in [-0.2, -0.15) is 0 Å². The number of carbonyl (C=O) groups is 1. The molecule has 1 unspecified atom stereocenters. The van der Waals surface area contributed by atoms with Gasteiger partial charge in [0.15, 0.2) is 0 Å². The summed E-state index contributed by atoms with van der Waals surface area (Å²) < 4.78 is 12.9. The molecule has 0 radical (unpaired) electrons. The molecule has 1 amide bonds. The number of hydrogen-bond donors (Lipinski definition) is 1. The third kappa shape index (κ3) is 2.76. The lowest BCUT2D eigenvalue weighted by molar-refractivity contribution is 0.0709. The Balaban J connectivity index is 2.18. The van der Waals surface area contributed by atoms with Crippen LogP contribution < -0.4 is 5.32 Å². The van der Waals surface area contributed by atoms with Gasteiger partial charge in [0, 0.05) is 25.7 Å². The van der Waals surface area contributed by atoms with Crippen LogP contribution in [-0.2, 0) is 0 Å². The minimum Gasteiger partial charge on any atom is -0.336 e. The van der Waals surface area contributed by atoms with Gasteiger partial charge in [0.2, 0.25) is 0 Å². The second-order valence-corrected chi connectivity index (χ2v) is 4.64. The summed E-state index contributed by atoms with van der Waals surface area (Å²) in [6, 6.07) is 4.13. The second-order valence-electron chi connectivity index (χ2n) is 4.23. The molecule has 1 aromatic rings. The van der Waals surface area contributed by atoms with Crippen molar-refractivity contribution < 1.29 is 9.18 Å². The zero-order chi connectivity index (χ0) is 12.4. The van der Waals surface area contributed by atoms with E-state index in [1.807, 2.05) is 6.92 Å². The fourth-order valence-electron chi connectivity index (χ4n) is 1.95. The molecule has 3 nitrogen and oxygen atoms in total. The Bertz CT molecular complexity index is 439. The molecule has 92 valence electrons. The number of benzene rings is 1. The molecule has 2 rings (SSSR count). The van der Waals surface area contributed by atoms with Gasteiger partial charge in [-0.05, 0) is 25.1 Å². The molecule has 5 heteroatoms. The van der Waals surface area contributed by atoms with Crippen molar-refractivity contribution in [3.05, 3.63) is 34.6 Å². The number of piperazine rings is 1. The van der Waals surface area contributed by atoms with Gasteiger partial charge in [-0.1, -0.05) is 11.6 Å². The van der Waals surface area contributed by atoms with Gasteiger partial charge in [0.05, 0.1) is 10.6 Å². The van der Waals surface area contributed by atoms with Crippen molar-refractivity contribution in [2.24, 2.45) is 0 Å². The highest BCUT2D eigenvalue weighted by Gasteiger charge is 2.23. The average molecular weight is 257 g/mol. The van der Waals surface area contributed by atoms with Gasteiger partial charge in [0.25, 0.3) is 5.91 Å². The smallest absolute Gasteiger partial charge is 0.255 e. The normalized spacial score (nSPS) is 20.4. The molecule has 0 spiro atoms. The predicted molar refractivity (Wildman–Crippen MR) is 64.8 cm³/mol. The minimum atomic E-state index is -0.430. The van der Waals surface area contributed by atoms with E-state index in [1.54, 1.807) is 4.90 Å². The highest BCUT2D eigenvalue weighted by Crippen LogP contribution is 2.19. The molecule has 1 N–H and O–H groups in total. The van der Waals surface area contributed by atoms with Crippen molar-refractivity contribution in [1.82, 2.24) is 10.2 Å². The Hall–Kier alpha value is -1.13. The first-order chi connectivity index (χ1) is 8.08. The summed E-state index contributed by atoms with van der Waals surface area (Å²) in [4.78, 5) is 13.9. The molecule has 0 aromatic heterocycles. The number of amides is 1. The first-order valence-corrected chi connectivity index (χ1v) is 5.93. The van der Waals surface area contributed by atoms with Gasteiger partial charge < -0.3 is 10.2 Å². The lowest BCUT2D eigenvalue weighted by atomic mass is 10.1. The van der Waals surface area contributed by atoms with Crippen molar-refractivity contribution >= 4 is 17.5 Å². The quantitative estimate of drug-likeness (QED) is 0.833. The fraction of sp³-hybridized carbons (Fsp3) is 0.417. The number of nitrogens with one attached hydrogen (secondary N) is 1. The van der Waals surface area contributed by atoms with Crippen molar-refractivity contribution in [3.63, 3.8) is 0 Å². The predicted octanol–water partition coefficient (Wildman–Crippen LogP) is 1.91. The molecule has 1 saturated heterocycles. The van der Waals surface area contributed by atoms with E-state index in [0.29, 0.717) is 18.7 Å². The number of rotatable bonds is 1. The molecule has 0 saturated carbocycles. The van der Waals surface area contributed by atoms with E-state index < -0.39 is 5.82 Å². The summed E-state index contributed by atoms with van der Waals surface area (Å²) in [5, 5.41) is 3.42. The van der Waals surface area contributed by atoms with Crippen LogP contribution >= 0.6 is 11.6 Å². The minimum absolute atomic E-state index is 0.136. The van der Waals surface area contributed by atoms with Gasteiger partial charge >= 0.3 is 0 Å². The lowest BCUT2D eigenvalue weighted by Gasteiger charge is -2.32. The van der Waals surface area contributed by atoms with Gasteiger partial charge in [-0.25, -0.2) is 4.39 Å². The summed E-state index contributed by atoms with van der Waals surface area (Å²) in [5.74, 6) is -0.566. The monoisotopic (exact) mass is 256 g/mol. The van der Waals surface area contributed by atoms with Crippen molar-refractivity contribution in [2.45, 2.75) is 13.0 Å². The van der Waals surface area contributed by atoms with Crippen molar-refractivity contribution in [3.8, 4) is 0 Å². The SMILES string of the molecule is CC1CN(C(=O)c2ccc(F)cc2Cl)CCN1. The molecule has 0 aliphatic carbocycles. The number of carbonyl (C=O) groups excluding carboxylic acids is 1. The molecule has 0 bridgehead atoms. The zero-order valence-electron chi connectivity index (χ0n) is 9.54. The molecule has 1 fully saturated rings. The van der Waals surface area contributed by atoms with Gasteiger partial charge in [-0.3, -0.25) is 4.79 Å². The van der Waals surface area contributed by atoms with E-state index in [1.165, 1.54) is 18.2 Å². The number of halogens is 2. The number of hydrogen-bond acceptors (Lipinski definition) is 2. The summed E-state index contributed by atoms with van der Waals surface area (Å²) in [5.41, 5.74) is 0.363. The third-order valence-electron chi connectivity index (χ3n) is 2.82. The maximum atomic E-state index is 12.9. The van der Waals surface area contributed by atoms with E-state index in [4.69, 9.17) is 11.6 Å². The first kappa shape index (κ1) is 12.3. The van der Waals surface area contributed by atoms with E-state index in [9.17, 15) is 9.18 Å². The molecular formula is C12H14ClFN2O. The molecule has 1 aromatic carbocycles. The van der Waals surface area contributed by atoms with E-state index in [0.717, 1.165) is 6.54 Å². The Morgan fingerprint density at radius 2 is 2.35 bits per heavy atom. The van der Waals surface area contributed by atoms with Crippen LogP contribution in [0.25, 0.3) is 0 Å². The average Bonchev–Trinajstić information content (AvgIpc) is 2.28. The highest BCUT2D eigenvalue weighted by atomic mass is 35.5. The fourth-order valence-corrected chi connectivity index (χ4v) is 2.20. The van der Waals surface area contributed by atoms with E-state index in [-0.39, 0.29) is 17.0 Å². The second kappa shape index (κ2) is 5.02. The Kier molecular flexibility index (Phi) is 3.64. The van der Waals surface area contributed by atoms with Gasteiger partial charge in [-0.15, -0.1) is 0 Å². The molecular weight excluding hydrogens is 243 g/mol. The largest absolute Gasteiger partial charge is 0.336 e. The molecule has 1 aliphatic rings. The van der Waals surface area contributed by atoms with Crippen LogP contribution in [0.15, 0.2) is 18.2 Å². The molecule has 1 atom stereocenters. The van der Waals surface area contributed by atoms with E-state index >= 15 is 0 Å². The van der Waals surface area contributed by atoms with Crippen LogP contribution in [0, 0.1) is 5.82 Å². The van der Waals surface area contributed by atoms with Crippen LogP contribution in [0.3, 0.4) is 0 Å².